The molecule has 1 aromatic heterocycles. The molecule has 0 radical (unpaired) electrons. The number of urea groups is 1. The predicted octanol–water partition coefficient (Wildman–Crippen LogP) is 5.03. The number of nitrogens with zero attached hydrogens (tertiary/aromatic N) is 2. The SMILES string of the molecule is CCCNC(=O)N(CC(=O)N1CCc2sccc2C1COc1ccc(C)cc1)CC(C)CC. The lowest BCUT2D eigenvalue weighted by Crippen LogP contribution is -2.50. The maximum absolute atomic E-state index is 13.5. The zero-order valence-electron chi connectivity index (χ0n) is 20.3. The Labute approximate surface area is 201 Å². The second-order valence-corrected chi connectivity index (χ2v) is 9.90. The summed E-state index contributed by atoms with van der Waals surface area (Å²) in [6.45, 7) is 10.6. The number of benzene rings is 1. The van der Waals surface area contributed by atoms with Gasteiger partial charge in [-0.2, -0.15) is 0 Å². The van der Waals surface area contributed by atoms with Crippen LogP contribution in [-0.2, 0) is 11.2 Å². The van der Waals surface area contributed by atoms with Gasteiger partial charge >= 0.3 is 6.03 Å². The Balaban J connectivity index is 1.74. The lowest BCUT2D eigenvalue weighted by molar-refractivity contribution is -0.135. The van der Waals surface area contributed by atoms with E-state index < -0.39 is 0 Å². The van der Waals surface area contributed by atoms with Gasteiger partial charge in [-0.05, 0) is 54.8 Å². The Bertz CT molecular complexity index is 912. The molecule has 0 saturated heterocycles. The molecule has 1 aromatic carbocycles. The highest BCUT2D eigenvalue weighted by atomic mass is 32.1. The molecule has 0 spiro atoms. The second kappa shape index (κ2) is 12.1. The number of thiophene rings is 1. The van der Waals surface area contributed by atoms with E-state index >= 15 is 0 Å². The standard InChI is InChI=1S/C26H37N3O3S/c1-5-13-27-26(31)28(16-19(3)6-2)17-25(30)29-14-11-24-22(12-15-33-24)23(29)18-32-21-9-7-20(4)8-10-21/h7-10,12,15,19,23H,5-6,11,13-14,16-18H2,1-4H3,(H,27,31). The van der Waals surface area contributed by atoms with Crippen molar-refractivity contribution >= 4 is 23.3 Å². The fourth-order valence-corrected chi connectivity index (χ4v) is 4.93. The molecule has 180 valence electrons. The number of hydrogen-bond acceptors (Lipinski definition) is 4. The molecule has 33 heavy (non-hydrogen) atoms. The van der Waals surface area contributed by atoms with Crippen molar-refractivity contribution in [2.75, 3.05) is 32.8 Å². The molecule has 1 aliphatic rings. The largest absolute Gasteiger partial charge is 0.491 e. The van der Waals surface area contributed by atoms with Crippen LogP contribution in [0.2, 0.25) is 0 Å². The Morgan fingerprint density at radius 3 is 2.70 bits per heavy atom. The van der Waals surface area contributed by atoms with Crippen molar-refractivity contribution in [3.8, 4) is 5.75 Å². The van der Waals surface area contributed by atoms with Gasteiger partial charge in [-0.3, -0.25) is 4.79 Å². The molecule has 1 N–H and O–H groups in total. The van der Waals surface area contributed by atoms with Crippen LogP contribution < -0.4 is 10.1 Å². The summed E-state index contributed by atoms with van der Waals surface area (Å²) in [5, 5.41) is 5.03. The lowest BCUT2D eigenvalue weighted by Gasteiger charge is -2.37. The first-order chi connectivity index (χ1) is 15.9. The Kier molecular flexibility index (Phi) is 9.18. The van der Waals surface area contributed by atoms with Gasteiger partial charge in [0.05, 0.1) is 6.04 Å². The molecule has 0 bridgehead atoms. The molecule has 7 heteroatoms. The van der Waals surface area contributed by atoms with Gasteiger partial charge in [0.25, 0.3) is 0 Å². The van der Waals surface area contributed by atoms with Crippen LogP contribution in [0.4, 0.5) is 4.79 Å². The highest BCUT2D eigenvalue weighted by Gasteiger charge is 2.33. The smallest absolute Gasteiger partial charge is 0.317 e. The number of fused-ring (bicyclic) bond motifs is 1. The maximum Gasteiger partial charge on any atom is 0.317 e. The van der Waals surface area contributed by atoms with Gasteiger partial charge in [-0.25, -0.2) is 4.79 Å². The van der Waals surface area contributed by atoms with Crippen molar-refractivity contribution in [1.29, 1.82) is 0 Å². The molecule has 1 aliphatic heterocycles. The first-order valence-corrected chi connectivity index (χ1v) is 12.9. The molecule has 3 rings (SSSR count). The molecule has 0 fully saturated rings. The molecule has 0 aliphatic carbocycles. The average Bonchev–Trinajstić information content (AvgIpc) is 3.30. The van der Waals surface area contributed by atoms with E-state index in [1.54, 1.807) is 16.2 Å². The fraction of sp³-hybridized carbons (Fsp3) is 0.538. The minimum Gasteiger partial charge on any atom is -0.491 e. The van der Waals surface area contributed by atoms with Crippen molar-refractivity contribution in [2.45, 2.75) is 53.0 Å². The molecule has 3 amide bonds. The number of carbonyl (C=O) groups excluding carboxylic acids is 2. The van der Waals surface area contributed by atoms with Crippen molar-refractivity contribution in [3.63, 3.8) is 0 Å². The zero-order valence-corrected chi connectivity index (χ0v) is 21.1. The van der Waals surface area contributed by atoms with Crippen LogP contribution in [0.5, 0.6) is 5.75 Å². The van der Waals surface area contributed by atoms with Crippen LogP contribution in [0.25, 0.3) is 0 Å². The normalized spacial score (nSPS) is 16.1. The van der Waals surface area contributed by atoms with Crippen LogP contribution in [0.3, 0.4) is 0 Å². The summed E-state index contributed by atoms with van der Waals surface area (Å²) < 4.78 is 6.11. The van der Waals surface area contributed by atoms with Gasteiger partial charge < -0.3 is 19.9 Å². The van der Waals surface area contributed by atoms with E-state index in [1.807, 2.05) is 43.0 Å². The number of aryl methyl sites for hydroxylation is 1. The molecule has 6 nitrogen and oxygen atoms in total. The summed E-state index contributed by atoms with van der Waals surface area (Å²) in [4.78, 5) is 31.2. The van der Waals surface area contributed by atoms with Gasteiger partial charge in [0, 0.05) is 24.5 Å². The van der Waals surface area contributed by atoms with E-state index in [2.05, 4.69) is 30.6 Å². The summed E-state index contributed by atoms with van der Waals surface area (Å²) in [6, 6.07) is 9.76. The topological polar surface area (TPSA) is 61.9 Å². The summed E-state index contributed by atoms with van der Waals surface area (Å²) in [5.74, 6) is 1.10. The van der Waals surface area contributed by atoms with Gasteiger partial charge in [0.2, 0.25) is 5.91 Å². The third kappa shape index (κ3) is 6.73. The molecule has 2 heterocycles. The predicted molar refractivity (Wildman–Crippen MR) is 134 cm³/mol. The highest BCUT2D eigenvalue weighted by molar-refractivity contribution is 7.10. The molecular formula is C26H37N3O3S. The quantitative estimate of drug-likeness (QED) is 0.529. The molecule has 0 saturated carbocycles. The monoisotopic (exact) mass is 471 g/mol. The van der Waals surface area contributed by atoms with Gasteiger partial charge in [0.1, 0.15) is 18.9 Å². The third-order valence-electron chi connectivity index (χ3n) is 6.21. The van der Waals surface area contributed by atoms with E-state index in [4.69, 9.17) is 4.74 Å². The van der Waals surface area contributed by atoms with E-state index in [9.17, 15) is 9.59 Å². The average molecular weight is 472 g/mol. The van der Waals surface area contributed by atoms with Crippen LogP contribution >= 0.6 is 11.3 Å². The minimum absolute atomic E-state index is 0.0284. The second-order valence-electron chi connectivity index (χ2n) is 8.90. The van der Waals surface area contributed by atoms with Gasteiger partial charge in [-0.1, -0.05) is 44.9 Å². The number of rotatable bonds is 10. The number of nitrogens with one attached hydrogen (secondary N) is 1. The first-order valence-electron chi connectivity index (χ1n) is 12.0. The van der Waals surface area contributed by atoms with Crippen LogP contribution in [0, 0.1) is 12.8 Å². The molecular weight excluding hydrogens is 434 g/mol. The maximum atomic E-state index is 13.5. The number of ether oxygens (including phenoxy) is 1. The fourth-order valence-electron chi connectivity index (χ4n) is 4.01. The van der Waals surface area contributed by atoms with Crippen LogP contribution in [0.1, 0.15) is 55.7 Å². The number of amides is 3. The minimum atomic E-state index is -0.161. The van der Waals surface area contributed by atoms with Crippen molar-refractivity contribution < 1.29 is 14.3 Å². The summed E-state index contributed by atoms with van der Waals surface area (Å²) in [5.41, 5.74) is 2.34. The number of carbonyl (C=O) groups is 2. The van der Waals surface area contributed by atoms with E-state index in [0.717, 1.165) is 30.6 Å². The first kappa shape index (κ1) is 25.1. The molecule has 2 unspecified atom stereocenters. The van der Waals surface area contributed by atoms with Crippen LogP contribution in [0.15, 0.2) is 35.7 Å². The third-order valence-corrected chi connectivity index (χ3v) is 7.21. The van der Waals surface area contributed by atoms with E-state index in [0.29, 0.717) is 32.2 Å². The van der Waals surface area contributed by atoms with Crippen LogP contribution in [-0.4, -0.2) is 54.5 Å². The summed E-state index contributed by atoms with van der Waals surface area (Å²) in [6.07, 6.45) is 2.66. The Morgan fingerprint density at radius 1 is 1.24 bits per heavy atom. The molecule has 2 aromatic rings. The van der Waals surface area contributed by atoms with Gasteiger partial charge in [0.15, 0.2) is 0 Å². The zero-order chi connectivity index (χ0) is 23.8. The number of hydrogen-bond donors (Lipinski definition) is 1. The molecule has 2 atom stereocenters. The lowest BCUT2D eigenvalue weighted by atomic mass is 10.00. The highest BCUT2D eigenvalue weighted by Crippen LogP contribution is 2.34. The Morgan fingerprint density at radius 2 is 2.00 bits per heavy atom. The van der Waals surface area contributed by atoms with E-state index in [-0.39, 0.29) is 24.5 Å². The van der Waals surface area contributed by atoms with Crippen molar-refractivity contribution in [2.24, 2.45) is 5.92 Å². The summed E-state index contributed by atoms with van der Waals surface area (Å²) >= 11 is 1.74. The van der Waals surface area contributed by atoms with E-state index in [1.165, 1.54) is 10.4 Å². The van der Waals surface area contributed by atoms with Gasteiger partial charge in [-0.15, -0.1) is 11.3 Å². The summed E-state index contributed by atoms with van der Waals surface area (Å²) in [7, 11) is 0. The van der Waals surface area contributed by atoms with Crippen molar-refractivity contribution in [3.05, 3.63) is 51.7 Å². The van der Waals surface area contributed by atoms with Crippen molar-refractivity contribution in [1.82, 2.24) is 15.1 Å². The Hall–Kier alpha value is -2.54.